The monoisotopic (exact) mass is 488 g/mol. The molecule has 0 radical (unpaired) electrons. The van der Waals surface area contributed by atoms with E-state index in [1.54, 1.807) is 0 Å². The Morgan fingerprint density at radius 1 is 0.968 bits per heavy atom. The highest BCUT2D eigenvalue weighted by molar-refractivity contribution is 9.10. The number of benzene rings is 3. The second kappa shape index (κ2) is 8.85. The summed E-state index contributed by atoms with van der Waals surface area (Å²) in [6, 6.07) is 20.6. The molecule has 0 amide bonds. The third kappa shape index (κ3) is 4.52. The first-order chi connectivity index (χ1) is 14.9. The molecule has 160 valence electrons. The van der Waals surface area contributed by atoms with Crippen LogP contribution in [0.2, 0.25) is 0 Å². The first-order valence-corrected chi connectivity index (χ1v) is 10.7. The number of halogens is 4. The van der Waals surface area contributed by atoms with Crippen molar-refractivity contribution in [1.82, 2.24) is 4.90 Å². The zero-order chi connectivity index (χ0) is 22.0. The molecule has 1 heterocycles. The second-order valence-corrected chi connectivity index (χ2v) is 8.21. The van der Waals surface area contributed by atoms with Crippen molar-refractivity contribution in [3.8, 4) is 0 Å². The number of nitrogens with zero attached hydrogens (tertiary/aromatic N) is 2. The molecular weight excluding hydrogens is 469 g/mol. The molecule has 1 aliphatic heterocycles. The van der Waals surface area contributed by atoms with Crippen LogP contribution in [-0.4, -0.2) is 29.0 Å². The second-order valence-electron chi connectivity index (χ2n) is 7.30. The number of alkyl halides is 3. The molecule has 0 spiro atoms. The molecule has 31 heavy (non-hydrogen) atoms. The Morgan fingerprint density at radius 3 is 2.32 bits per heavy atom. The number of aliphatic hydroxyl groups excluding tert-OH is 1. The van der Waals surface area contributed by atoms with Crippen molar-refractivity contribution in [2.45, 2.75) is 18.6 Å². The van der Waals surface area contributed by atoms with Crippen molar-refractivity contribution in [3.05, 3.63) is 99.5 Å². The van der Waals surface area contributed by atoms with Crippen LogP contribution in [0.15, 0.2) is 82.3 Å². The Hall–Kier alpha value is -2.64. The maximum atomic E-state index is 13.1. The van der Waals surface area contributed by atoms with Gasteiger partial charge in [0.15, 0.2) is 0 Å². The minimum absolute atomic E-state index is 0.00361. The molecule has 3 nitrogen and oxygen atoms in total. The quantitative estimate of drug-likeness (QED) is 0.455. The minimum Gasteiger partial charge on any atom is -0.396 e. The number of rotatable bonds is 5. The Morgan fingerprint density at radius 2 is 1.68 bits per heavy atom. The average Bonchev–Trinajstić information content (AvgIpc) is 2.77. The Bertz CT molecular complexity index is 1080. The summed E-state index contributed by atoms with van der Waals surface area (Å²) in [5, 5.41) is 9.48. The van der Waals surface area contributed by atoms with E-state index in [4.69, 9.17) is 4.99 Å². The average molecular weight is 489 g/mol. The summed E-state index contributed by atoms with van der Waals surface area (Å²) in [5.74, 6) is 0.589. The van der Waals surface area contributed by atoms with Gasteiger partial charge in [-0.25, -0.2) is 4.99 Å². The summed E-state index contributed by atoms with van der Waals surface area (Å²) in [6.07, 6.45) is -3.89. The van der Waals surface area contributed by atoms with E-state index < -0.39 is 11.7 Å². The van der Waals surface area contributed by atoms with Crippen molar-refractivity contribution in [1.29, 1.82) is 0 Å². The van der Waals surface area contributed by atoms with Crippen LogP contribution in [0.3, 0.4) is 0 Å². The zero-order valence-electron chi connectivity index (χ0n) is 16.5. The first-order valence-electron chi connectivity index (χ1n) is 9.86. The van der Waals surface area contributed by atoms with Gasteiger partial charge < -0.3 is 10.0 Å². The molecular formula is C24H20BrF3N2O. The lowest BCUT2D eigenvalue weighted by molar-refractivity contribution is -0.137. The topological polar surface area (TPSA) is 35.8 Å². The Labute approximate surface area is 187 Å². The van der Waals surface area contributed by atoms with E-state index in [0.717, 1.165) is 33.4 Å². The highest BCUT2D eigenvalue weighted by Crippen LogP contribution is 2.42. The fourth-order valence-electron chi connectivity index (χ4n) is 3.82. The minimum atomic E-state index is -4.39. The van der Waals surface area contributed by atoms with Crippen LogP contribution < -0.4 is 0 Å². The van der Waals surface area contributed by atoms with Gasteiger partial charge in [-0.1, -0.05) is 58.4 Å². The van der Waals surface area contributed by atoms with Crippen LogP contribution in [0.5, 0.6) is 0 Å². The third-order valence-electron chi connectivity index (χ3n) is 5.24. The van der Waals surface area contributed by atoms with Gasteiger partial charge in [-0.05, 0) is 42.3 Å². The lowest BCUT2D eigenvalue weighted by Crippen LogP contribution is -2.39. The smallest absolute Gasteiger partial charge is 0.396 e. The van der Waals surface area contributed by atoms with E-state index in [0.29, 0.717) is 24.4 Å². The summed E-state index contributed by atoms with van der Waals surface area (Å²) >= 11 is 3.54. The van der Waals surface area contributed by atoms with E-state index in [-0.39, 0.29) is 12.6 Å². The SMILES string of the molecule is OCCCN1C(c2ccc(C(F)(F)F)cc2)=Nc2ccc(Br)cc2C1c1ccccc1. The normalized spacial score (nSPS) is 16.1. The Kier molecular flexibility index (Phi) is 6.16. The van der Waals surface area contributed by atoms with Crippen LogP contribution >= 0.6 is 15.9 Å². The fraction of sp³-hybridized carbons (Fsp3) is 0.208. The summed E-state index contributed by atoms with van der Waals surface area (Å²) in [6.45, 7) is 0.505. The van der Waals surface area contributed by atoms with Gasteiger partial charge in [0.2, 0.25) is 0 Å². The van der Waals surface area contributed by atoms with Gasteiger partial charge in [0.25, 0.3) is 0 Å². The molecule has 1 atom stereocenters. The number of aliphatic imine (C=N–C) groups is 1. The highest BCUT2D eigenvalue weighted by Gasteiger charge is 2.33. The molecule has 3 aromatic carbocycles. The van der Waals surface area contributed by atoms with E-state index in [9.17, 15) is 18.3 Å². The molecule has 0 saturated carbocycles. The first kappa shape index (κ1) is 21.6. The molecule has 1 unspecified atom stereocenters. The van der Waals surface area contributed by atoms with Gasteiger partial charge in [0.05, 0.1) is 17.3 Å². The van der Waals surface area contributed by atoms with E-state index in [2.05, 4.69) is 20.8 Å². The van der Waals surface area contributed by atoms with Gasteiger partial charge in [0, 0.05) is 28.8 Å². The summed E-state index contributed by atoms with van der Waals surface area (Å²) < 4.78 is 40.1. The molecule has 1 aliphatic rings. The molecule has 0 bridgehead atoms. The van der Waals surface area contributed by atoms with Crippen LogP contribution in [0, 0.1) is 0 Å². The largest absolute Gasteiger partial charge is 0.416 e. The molecule has 3 aromatic rings. The maximum absolute atomic E-state index is 13.1. The number of aliphatic hydroxyl groups is 1. The van der Waals surface area contributed by atoms with Crippen molar-refractivity contribution in [3.63, 3.8) is 0 Å². The van der Waals surface area contributed by atoms with Gasteiger partial charge in [-0.3, -0.25) is 0 Å². The van der Waals surface area contributed by atoms with Crippen molar-refractivity contribution in [2.75, 3.05) is 13.2 Å². The molecule has 7 heteroatoms. The lowest BCUT2D eigenvalue weighted by Gasteiger charge is -2.39. The van der Waals surface area contributed by atoms with Gasteiger partial charge in [0.1, 0.15) is 5.84 Å². The van der Waals surface area contributed by atoms with Crippen molar-refractivity contribution < 1.29 is 18.3 Å². The molecule has 0 aromatic heterocycles. The zero-order valence-corrected chi connectivity index (χ0v) is 18.1. The predicted molar refractivity (Wildman–Crippen MR) is 118 cm³/mol. The molecule has 4 rings (SSSR count). The molecule has 0 aliphatic carbocycles. The van der Waals surface area contributed by atoms with Crippen LogP contribution in [0.25, 0.3) is 0 Å². The maximum Gasteiger partial charge on any atom is 0.416 e. The number of hydrogen-bond donors (Lipinski definition) is 1. The fourth-order valence-corrected chi connectivity index (χ4v) is 4.20. The summed E-state index contributed by atoms with van der Waals surface area (Å²) in [7, 11) is 0. The standard InChI is InChI=1S/C24H20BrF3N2O/c25-19-11-12-21-20(15-19)22(16-5-2-1-3-6-16)30(13-4-14-31)23(29-21)17-7-9-18(10-8-17)24(26,27)28/h1-3,5-12,15,22,31H,4,13-14H2. The van der Waals surface area contributed by atoms with E-state index in [1.807, 2.05) is 48.5 Å². The third-order valence-corrected chi connectivity index (χ3v) is 5.73. The predicted octanol–water partition coefficient (Wildman–Crippen LogP) is 6.33. The van der Waals surface area contributed by atoms with Crippen molar-refractivity contribution >= 4 is 27.5 Å². The van der Waals surface area contributed by atoms with E-state index in [1.165, 1.54) is 12.1 Å². The summed E-state index contributed by atoms with van der Waals surface area (Å²) in [5.41, 5.74) is 2.71. The van der Waals surface area contributed by atoms with Crippen LogP contribution in [0.4, 0.5) is 18.9 Å². The van der Waals surface area contributed by atoms with Gasteiger partial charge in [-0.15, -0.1) is 0 Å². The van der Waals surface area contributed by atoms with Gasteiger partial charge >= 0.3 is 6.18 Å². The highest BCUT2D eigenvalue weighted by atomic mass is 79.9. The number of hydrogen-bond acceptors (Lipinski definition) is 3. The van der Waals surface area contributed by atoms with Crippen molar-refractivity contribution in [2.24, 2.45) is 4.99 Å². The molecule has 1 N–H and O–H groups in total. The van der Waals surface area contributed by atoms with E-state index >= 15 is 0 Å². The van der Waals surface area contributed by atoms with Gasteiger partial charge in [-0.2, -0.15) is 13.2 Å². The molecule has 0 fully saturated rings. The van der Waals surface area contributed by atoms with Crippen LogP contribution in [-0.2, 0) is 6.18 Å². The van der Waals surface area contributed by atoms with Crippen LogP contribution in [0.1, 0.15) is 34.7 Å². The summed E-state index contributed by atoms with van der Waals surface area (Å²) in [4.78, 5) is 6.88. The number of amidine groups is 1. The number of fused-ring (bicyclic) bond motifs is 1. The lowest BCUT2D eigenvalue weighted by atomic mass is 9.92. The Balaban J connectivity index is 1.87. The molecule has 0 saturated heterocycles.